The highest BCUT2D eigenvalue weighted by molar-refractivity contribution is 6.18. The maximum Gasteiger partial charge on any atom is 0.255 e. The van der Waals surface area contributed by atoms with Gasteiger partial charge in [-0.15, -0.1) is 0 Å². The van der Waals surface area contributed by atoms with E-state index in [4.69, 9.17) is 4.42 Å². The van der Waals surface area contributed by atoms with Gasteiger partial charge in [-0.3, -0.25) is 9.59 Å². The highest BCUT2D eigenvalue weighted by Crippen LogP contribution is 2.32. The molecule has 0 aliphatic rings. The summed E-state index contributed by atoms with van der Waals surface area (Å²) in [6, 6.07) is 25.0. The van der Waals surface area contributed by atoms with Crippen LogP contribution in [-0.4, -0.2) is 11.7 Å². The third-order valence-electron chi connectivity index (χ3n) is 4.11. The summed E-state index contributed by atoms with van der Waals surface area (Å²) in [4.78, 5) is 25.5. The quantitative estimate of drug-likeness (QED) is 0.536. The number of nitrogens with one attached hydrogen (secondary N) is 1. The predicted octanol–water partition coefficient (Wildman–Crippen LogP) is 4.92. The van der Waals surface area contributed by atoms with Crippen molar-refractivity contribution in [2.75, 3.05) is 5.32 Å². The smallest absolute Gasteiger partial charge is 0.255 e. The van der Waals surface area contributed by atoms with E-state index in [1.54, 1.807) is 54.6 Å². The van der Waals surface area contributed by atoms with Crippen molar-refractivity contribution in [2.45, 2.75) is 0 Å². The van der Waals surface area contributed by atoms with Crippen molar-refractivity contribution >= 4 is 28.3 Å². The molecule has 1 heterocycles. The Morgan fingerprint density at radius 2 is 1.27 bits per heavy atom. The third-order valence-corrected chi connectivity index (χ3v) is 4.11. The van der Waals surface area contributed by atoms with Crippen LogP contribution in [0.5, 0.6) is 0 Å². The summed E-state index contributed by atoms with van der Waals surface area (Å²) in [6.45, 7) is 0. The first-order valence-corrected chi connectivity index (χ1v) is 8.22. The number of hydrogen-bond donors (Lipinski definition) is 1. The molecule has 0 aliphatic heterocycles. The van der Waals surface area contributed by atoms with Crippen molar-refractivity contribution in [3.63, 3.8) is 0 Å². The summed E-state index contributed by atoms with van der Waals surface area (Å²) in [6.07, 6.45) is 0. The second-order valence-corrected chi connectivity index (χ2v) is 5.82. The Kier molecular flexibility index (Phi) is 4.07. The molecule has 0 saturated carbocycles. The van der Waals surface area contributed by atoms with E-state index in [0.29, 0.717) is 27.8 Å². The van der Waals surface area contributed by atoms with E-state index in [-0.39, 0.29) is 17.5 Å². The average molecular weight is 341 g/mol. The Hall–Kier alpha value is -3.66. The molecule has 0 unspecified atom stereocenters. The van der Waals surface area contributed by atoms with Gasteiger partial charge in [0.05, 0.1) is 5.69 Å². The van der Waals surface area contributed by atoms with Crippen LogP contribution in [0.25, 0.3) is 11.0 Å². The summed E-state index contributed by atoms with van der Waals surface area (Å²) in [5.41, 5.74) is 1.95. The van der Waals surface area contributed by atoms with Gasteiger partial charge in [0.15, 0.2) is 5.76 Å². The minimum atomic E-state index is -0.292. The summed E-state index contributed by atoms with van der Waals surface area (Å²) < 4.78 is 5.79. The molecule has 4 heteroatoms. The van der Waals surface area contributed by atoms with E-state index >= 15 is 0 Å². The van der Waals surface area contributed by atoms with Crippen LogP contribution >= 0.6 is 0 Å². The SMILES string of the molecule is O=C(Nc1c(C(=O)c2ccccc2)oc2ccccc12)c1ccccc1. The van der Waals surface area contributed by atoms with Crippen LogP contribution in [0.15, 0.2) is 89.3 Å². The van der Waals surface area contributed by atoms with Gasteiger partial charge < -0.3 is 9.73 Å². The zero-order chi connectivity index (χ0) is 17.9. The molecular formula is C22H15NO3. The number of rotatable bonds is 4. The zero-order valence-electron chi connectivity index (χ0n) is 13.8. The topological polar surface area (TPSA) is 59.3 Å². The van der Waals surface area contributed by atoms with Crippen molar-refractivity contribution in [2.24, 2.45) is 0 Å². The van der Waals surface area contributed by atoms with Crippen molar-refractivity contribution in [1.82, 2.24) is 0 Å². The number of para-hydroxylation sites is 1. The molecule has 0 fully saturated rings. The molecule has 0 aliphatic carbocycles. The van der Waals surface area contributed by atoms with E-state index < -0.39 is 0 Å². The van der Waals surface area contributed by atoms with Crippen molar-refractivity contribution < 1.29 is 14.0 Å². The zero-order valence-corrected chi connectivity index (χ0v) is 13.8. The minimum Gasteiger partial charge on any atom is -0.450 e. The molecule has 0 spiro atoms. The van der Waals surface area contributed by atoms with Gasteiger partial charge in [-0.05, 0) is 24.3 Å². The van der Waals surface area contributed by atoms with Crippen LogP contribution < -0.4 is 5.32 Å². The summed E-state index contributed by atoms with van der Waals surface area (Å²) in [5.74, 6) is -0.439. The van der Waals surface area contributed by atoms with Gasteiger partial charge in [0.2, 0.25) is 5.78 Å². The number of fused-ring (bicyclic) bond motifs is 1. The molecule has 4 rings (SSSR count). The fourth-order valence-corrected chi connectivity index (χ4v) is 2.83. The van der Waals surface area contributed by atoms with Crippen molar-refractivity contribution in [3.05, 3.63) is 102 Å². The Labute approximate surface area is 150 Å². The Bertz CT molecular complexity index is 1080. The molecule has 1 N–H and O–H groups in total. The molecule has 26 heavy (non-hydrogen) atoms. The van der Waals surface area contributed by atoms with Crippen LogP contribution in [-0.2, 0) is 0 Å². The van der Waals surface area contributed by atoms with E-state index in [0.717, 1.165) is 0 Å². The van der Waals surface area contributed by atoms with Gasteiger partial charge in [-0.2, -0.15) is 0 Å². The lowest BCUT2D eigenvalue weighted by Crippen LogP contribution is -2.14. The molecule has 0 atom stereocenters. The van der Waals surface area contributed by atoms with Gasteiger partial charge in [0, 0.05) is 16.5 Å². The van der Waals surface area contributed by atoms with Gasteiger partial charge in [0.25, 0.3) is 5.91 Å². The number of carbonyl (C=O) groups is 2. The van der Waals surface area contributed by atoms with Crippen LogP contribution in [0.3, 0.4) is 0 Å². The third kappa shape index (κ3) is 2.89. The van der Waals surface area contributed by atoms with Gasteiger partial charge in [-0.1, -0.05) is 60.7 Å². The summed E-state index contributed by atoms with van der Waals surface area (Å²) >= 11 is 0. The van der Waals surface area contributed by atoms with Crippen molar-refractivity contribution in [1.29, 1.82) is 0 Å². The van der Waals surface area contributed by atoms with Crippen LogP contribution in [0, 0.1) is 0 Å². The van der Waals surface area contributed by atoms with Gasteiger partial charge in [0.1, 0.15) is 5.58 Å². The molecule has 126 valence electrons. The fraction of sp³-hybridized carbons (Fsp3) is 0. The minimum absolute atomic E-state index is 0.127. The summed E-state index contributed by atoms with van der Waals surface area (Å²) in [5, 5.41) is 3.54. The second kappa shape index (κ2) is 6.69. The maximum atomic E-state index is 12.9. The average Bonchev–Trinajstić information content (AvgIpc) is 3.07. The van der Waals surface area contributed by atoms with E-state index in [9.17, 15) is 9.59 Å². The maximum absolute atomic E-state index is 12.9. The van der Waals surface area contributed by atoms with Crippen LogP contribution in [0.2, 0.25) is 0 Å². The molecule has 0 bridgehead atoms. The van der Waals surface area contributed by atoms with E-state index in [1.807, 2.05) is 30.3 Å². The van der Waals surface area contributed by atoms with Gasteiger partial charge in [-0.25, -0.2) is 0 Å². The Morgan fingerprint density at radius 1 is 0.692 bits per heavy atom. The number of amides is 1. The molecule has 4 nitrogen and oxygen atoms in total. The highest BCUT2D eigenvalue weighted by Gasteiger charge is 2.23. The second-order valence-electron chi connectivity index (χ2n) is 5.82. The number of hydrogen-bond acceptors (Lipinski definition) is 3. The first-order chi connectivity index (χ1) is 12.7. The molecule has 1 amide bonds. The number of anilines is 1. The molecule has 0 radical (unpaired) electrons. The lowest BCUT2D eigenvalue weighted by Gasteiger charge is -2.06. The van der Waals surface area contributed by atoms with Crippen molar-refractivity contribution in [3.8, 4) is 0 Å². The lowest BCUT2D eigenvalue weighted by molar-refractivity contribution is 0.101. The fourth-order valence-electron chi connectivity index (χ4n) is 2.83. The van der Waals surface area contributed by atoms with Gasteiger partial charge >= 0.3 is 0 Å². The molecule has 3 aromatic carbocycles. The Balaban J connectivity index is 1.80. The summed E-state index contributed by atoms with van der Waals surface area (Å²) in [7, 11) is 0. The molecular weight excluding hydrogens is 326 g/mol. The highest BCUT2D eigenvalue weighted by atomic mass is 16.3. The first kappa shape index (κ1) is 15.8. The monoisotopic (exact) mass is 341 g/mol. The largest absolute Gasteiger partial charge is 0.450 e. The number of carbonyl (C=O) groups excluding carboxylic acids is 2. The molecule has 0 saturated heterocycles. The number of benzene rings is 3. The van der Waals surface area contributed by atoms with Crippen LogP contribution in [0.1, 0.15) is 26.5 Å². The molecule has 4 aromatic rings. The lowest BCUT2D eigenvalue weighted by atomic mass is 10.1. The first-order valence-electron chi connectivity index (χ1n) is 8.22. The number of ketones is 1. The normalized spacial score (nSPS) is 10.6. The number of furan rings is 1. The Morgan fingerprint density at radius 3 is 1.96 bits per heavy atom. The van der Waals surface area contributed by atoms with E-state index in [2.05, 4.69) is 5.32 Å². The van der Waals surface area contributed by atoms with Crippen LogP contribution in [0.4, 0.5) is 5.69 Å². The predicted molar refractivity (Wildman–Crippen MR) is 100 cm³/mol. The standard InChI is InChI=1S/C22H15NO3/c24-20(15-9-3-1-4-10-15)21-19(17-13-7-8-14-18(17)26-21)23-22(25)16-11-5-2-6-12-16/h1-14H,(H,23,25). The van der Waals surface area contributed by atoms with E-state index in [1.165, 1.54) is 0 Å². The molecule has 1 aromatic heterocycles.